The van der Waals surface area contributed by atoms with E-state index < -0.39 is 0 Å². The molecule has 0 saturated carbocycles. The van der Waals surface area contributed by atoms with Gasteiger partial charge in [-0.1, -0.05) is 17.7 Å². The molecule has 5 heteroatoms. The second-order valence-corrected chi connectivity index (χ2v) is 4.10. The molecule has 2 rings (SSSR count). The van der Waals surface area contributed by atoms with Crippen LogP contribution in [0.25, 0.3) is 11.5 Å². The van der Waals surface area contributed by atoms with Crippen molar-refractivity contribution >= 4 is 5.91 Å². The first-order valence-corrected chi connectivity index (χ1v) is 5.79. The third kappa shape index (κ3) is 3.16. The normalized spacial score (nSPS) is 10.3. The number of rotatable bonds is 4. The van der Waals surface area contributed by atoms with Crippen LogP contribution in [0, 0.1) is 6.92 Å². The van der Waals surface area contributed by atoms with Crippen LogP contribution in [0.15, 0.2) is 28.7 Å². The monoisotopic (exact) mass is 245 g/mol. The molecule has 94 valence electrons. The van der Waals surface area contributed by atoms with Gasteiger partial charge in [-0.05, 0) is 19.1 Å². The Kier molecular flexibility index (Phi) is 3.72. The van der Waals surface area contributed by atoms with Gasteiger partial charge >= 0.3 is 0 Å². The number of nitrogens with zero attached hydrogens (tertiary/aromatic N) is 2. The van der Waals surface area contributed by atoms with Crippen molar-refractivity contribution in [2.75, 3.05) is 6.54 Å². The molecule has 0 radical (unpaired) electrons. The minimum absolute atomic E-state index is 0.0618. The van der Waals surface area contributed by atoms with Crippen molar-refractivity contribution in [2.45, 2.75) is 20.3 Å². The molecule has 2 aromatic rings. The first-order chi connectivity index (χ1) is 8.65. The summed E-state index contributed by atoms with van der Waals surface area (Å²) in [5.41, 5.74) is 2.09. The molecular formula is C13H15N3O2. The average molecular weight is 245 g/mol. The van der Waals surface area contributed by atoms with Gasteiger partial charge in [-0.2, -0.15) is 0 Å². The van der Waals surface area contributed by atoms with Gasteiger partial charge in [-0.3, -0.25) is 4.79 Å². The number of nitrogens with one attached hydrogen (secondary N) is 1. The lowest BCUT2D eigenvalue weighted by Crippen LogP contribution is -2.22. The molecule has 0 aliphatic heterocycles. The Bertz CT molecular complexity index is 531. The minimum Gasteiger partial charge on any atom is -0.421 e. The smallest absolute Gasteiger partial charge is 0.247 e. The molecule has 5 nitrogen and oxygen atoms in total. The summed E-state index contributed by atoms with van der Waals surface area (Å²) < 4.78 is 5.52. The number of aryl methyl sites for hydroxylation is 1. The molecular weight excluding hydrogens is 230 g/mol. The van der Waals surface area contributed by atoms with Crippen LogP contribution in [0.5, 0.6) is 0 Å². The van der Waals surface area contributed by atoms with Crippen LogP contribution in [0.3, 0.4) is 0 Å². The highest BCUT2D eigenvalue weighted by Crippen LogP contribution is 2.18. The van der Waals surface area contributed by atoms with Gasteiger partial charge in [0.15, 0.2) is 0 Å². The van der Waals surface area contributed by atoms with Crippen LogP contribution >= 0.6 is 0 Å². The number of hydrogen-bond acceptors (Lipinski definition) is 4. The fraction of sp³-hybridized carbons (Fsp3) is 0.308. The first-order valence-electron chi connectivity index (χ1n) is 5.79. The number of carbonyl (C=O) groups is 1. The van der Waals surface area contributed by atoms with Gasteiger partial charge in [0.05, 0.1) is 0 Å². The van der Waals surface area contributed by atoms with Crippen molar-refractivity contribution in [3.63, 3.8) is 0 Å². The summed E-state index contributed by atoms with van der Waals surface area (Å²) in [5.74, 6) is 0.973. The standard InChI is InChI=1S/C13H15N3O2/c1-9-3-5-11(6-4-9)13-16-15-12(18-13)7-8-14-10(2)17/h3-6H,7-8H2,1-2H3,(H,14,17). The zero-order valence-corrected chi connectivity index (χ0v) is 10.4. The van der Waals surface area contributed by atoms with Gasteiger partial charge in [-0.25, -0.2) is 0 Å². The zero-order valence-electron chi connectivity index (χ0n) is 10.4. The third-order valence-corrected chi connectivity index (χ3v) is 2.48. The van der Waals surface area contributed by atoms with Crippen molar-refractivity contribution in [3.8, 4) is 11.5 Å². The molecule has 18 heavy (non-hydrogen) atoms. The molecule has 0 atom stereocenters. The van der Waals surface area contributed by atoms with Crippen LogP contribution < -0.4 is 5.32 Å². The van der Waals surface area contributed by atoms with E-state index in [2.05, 4.69) is 15.5 Å². The summed E-state index contributed by atoms with van der Waals surface area (Å²) in [4.78, 5) is 10.7. The molecule has 1 N–H and O–H groups in total. The second kappa shape index (κ2) is 5.44. The van der Waals surface area contributed by atoms with E-state index in [1.807, 2.05) is 31.2 Å². The fourth-order valence-electron chi connectivity index (χ4n) is 1.51. The number of benzene rings is 1. The van der Waals surface area contributed by atoms with Crippen LogP contribution in [0.2, 0.25) is 0 Å². The Balaban J connectivity index is 2.01. The van der Waals surface area contributed by atoms with Crippen LogP contribution in [0.1, 0.15) is 18.4 Å². The molecule has 0 bridgehead atoms. The summed E-state index contributed by atoms with van der Waals surface area (Å²) in [7, 11) is 0. The van der Waals surface area contributed by atoms with E-state index in [1.165, 1.54) is 12.5 Å². The summed E-state index contributed by atoms with van der Waals surface area (Å²) in [5, 5.41) is 10.6. The molecule has 0 fully saturated rings. The lowest BCUT2D eigenvalue weighted by atomic mass is 10.1. The third-order valence-electron chi connectivity index (χ3n) is 2.48. The largest absolute Gasteiger partial charge is 0.421 e. The van der Waals surface area contributed by atoms with Crippen LogP contribution in [-0.2, 0) is 11.2 Å². The molecule has 1 heterocycles. The van der Waals surface area contributed by atoms with Gasteiger partial charge < -0.3 is 9.73 Å². The summed E-state index contributed by atoms with van der Waals surface area (Å²) >= 11 is 0. The first kappa shape index (κ1) is 12.3. The molecule has 0 unspecified atom stereocenters. The van der Waals surface area contributed by atoms with Crippen molar-refractivity contribution in [3.05, 3.63) is 35.7 Å². The van der Waals surface area contributed by atoms with Crippen molar-refractivity contribution in [1.29, 1.82) is 0 Å². The van der Waals surface area contributed by atoms with Gasteiger partial charge in [0.2, 0.25) is 17.7 Å². The van der Waals surface area contributed by atoms with E-state index in [1.54, 1.807) is 0 Å². The Labute approximate surface area is 105 Å². The summed E-state index contributed by atoms with van der Waals surface area (Å²) in [6.07, 6.45) is 0.540. The van der Waals surface area contributed by atoms with Gasteiger partial charge in [-0.15, -0.1) is 10.2 Å². The van der Waals surface area contributed by atoms with E-state index in [0.717, 1.165) is 5.56 Å². The molecule has 1 aromatic heterocycles. The average Bonchev–Trinajstić information content (AvgIpc) is 2.78. The molecule has 0 aliphatic carbocycles. The van der Waals surface area contributed by atoms with Gasteiger partial charge in [0, 0.05) is 25.5 Å². The molecule has 0 saturated heterocycles. The summed E-state index contributed by atoms with van der Waals surface area (Å²) in [6.45, 7) is 4.01. The highest BCUT2D eigenvalue weighted by Gasteiger charge is 2.08. The number of hydrogen-bond donors (Lipinski definition) is 1. The maximum Gasteiger partial charge on any atom is 0.247 e. The summed E-state index contributed by atoms with van der Waals surface area (Å²) in [6, 6.07) is 7.88. The Hall–Kier alpha value is -2.17. The van der Waals surface area contributed by atoms with Crippen molar-refractivity contribution in [2.24, 2.45) is 0 Å². The second-order valence-electron chi connectivity index (χ2n) is 4.10. The highest BCUT2D eigenvalue weighted by molar-refractivity contribution is 5.72. The van der Waals surface area contributed by atoms with Crippen LogP contribution in [0.4, 0.5) is 0 Å². The predicted octanol–water partition coefficient (Wildman–Crippen LogP) is 1.72. The van der Waals surface area contributed by atoms with Crippen molar-refractivity contribution in [1.82, 2.24) is 15.5 Å². The molecule has 1 amide bonds. The Morgan fingerprint density at radius 1 is 1.28 bits per heavy atom. The van der Waals surface area contributed by atoms with Crippen molar-refractivity contribution < 1.29 is 9.21 Å². The van der Waals surface area contributed by atoms with Gasteiger partial charge in [0.25, 0.3) is 0 Å². The molecule has 0 aliphatic rings. The van der Waals surface area contributed by atoms with E-state index >= 15 is 0 Å². The number of carbonyl (C=O) groups excluding carboxylic acids is 1. The van der Waals surface area contributed by atoms with E-state index in [-0.39, 0.29) is 5.91 Å². The zero-order chi connectivity index (χ0) is 13.0. The van der Waals surface area contributed by atoms with E-state index in [4.69, 9.17) is 4.42 Å². The predicted molar refractivity (Wildman–Crippen MR) is 66.9 cm³/mol. The maximum absolute atomic E-state index is 10.7. The lowest BCUT2D eigenvalue weighted by Gasteiger charge is -1.97. The topological polar surface area (TPSA) is 68.0 Å². The Morgan fingerprint density at radius 2 is 2.00 bits per heavy atom. The van der Waals surface area contributed by atoms with E-state index in [9.17, 15) is 4.79 Å². The quantitative estimate of drug-likeness (QED) is 0.890. The van der Waals surface area contributed by atoms with E-state index in [0.29, 0.717) is 24.7 Å². The SMILES string of the molecule is CC(=O)NCCc1nnc(-c2ccc(C)cc2)o1. The minimum atomic E-state index is -0.0618. The van der Waals surface area contributed by atoms with Crippen LogP contribution in [-0.4, -0.2) is 22.6 Å². The fourth-order valence-corrected chi connectivity index (χ4v) is 1.51. The molecule has 0 spiro atoms. The number of aromatic nitrogens is 2. The van der Waals surface area contributed by atoms with Gasteiger partial charge in [0.1, 0.15) is 0 Å². The maximum atomic E-state index is 10.7. The molecule has 1 aromatic carbocycles. The highest BCUT2D eigenvalue weighted by atomic mass is 16.4. The number of amides is 1. The Morgan fingerprint density at radius 3 is 2.67 bits per heavy atom. The lowest BCUT2D eigenvalue weighted by molar-refractivity contribution is -0.118.